The van der Waals surface area contributed by atoms with Crippen molar-refractivity contribution in [2.24, 2.45) is 0 Å². The number of nitro benzene ring substituents is 1. The number of benzene rings is 1. The highest BCUT2D eigenvalue weighted by atomic mass is 28.4. The molecule has 0 aromatic heterocycles. The highest BCUT2D eigenvalue weighted by Gasteiger charge is 2.37. The van der Waals surface area contributed by atoms with Crippen LogP contribution in [-0.2, 0) is 20.4 Å². The summed E-state index contributed by atoms with van der Waals surface area (Å²) in [6.07, 6.45) is 0.0249. The third kappa shape index (κ3) is 7.10. The third-order valence-electron chi connectivity index (χ3n) is 4.79. The van der Waals surface area contributed by atoms with Crippen LogP contribution >= 0.6 is 0 Å². The molecule has 9 heteroatoms. The molecule has 0 aliphatic carbocycles. The Morgan fingerprint density at radius 2 is 1.96 bits per heavy atom. The number of nitrogens with zero attached hydrogens (tertiary/aromatic N) is 1. The van der Waals surface area contributed by atoms with Crippen LogP contribution in [0, 0.1) is 10.1 Å². The van der Waals surface area contributed by atoms with E-state index in [4.69, 9.17) is 4.43 Å². The number of nitrogens with one attached hydrogen (secondary N) is 1. The maximum absolute atomic E-state index is 12.2. The van der Waals surface area contributed by atoms with Gasteiger partial charge in [0, 0.05) is 25.2 Å². The van der Waals surface area contributed by atoms with E-state index < -0.39 is 31.2 Å². The molecule has 27 heavy (non-hydrogen) atoms. The van der Waals surface area contributed by atoms with Gasteiger partial charge in [-0.05, 0) is 23.7 Å². The molecule has 0 aliphatic rings. The van der Waals surface area contributed by atoms with Crippen molar-refractivity contribution in [3.63, 3.8) is 0 Å². The number of amides is 1. The number of carboxylic acid groups (broad SMARTS) is 1. The van der Waals surface area contributed by atoms with E-state index in [0.717, 1.165) is 0 Å². The minimum absolute atomic E-state index is 0.0109. The van der Waals surface area contributed by atoms with Crippen LogP contribution in [0.1, 0.15) is 32.8 Å². The molecule has 0 saturated carbocycles. The van der Waals surface area contributed by atoms with Gasteiger partial charge in [0.25, 0.3) is 5.69 Å². The van der Waals surface area contributed by atoms with Gasteiger partial charge in [0.05, 0.1) is 11.3 Å². The van der Waals surface area contributed by atoms with E-state index in [9.17, 15) is 24.8 Å². The fourth-order valence-electron chi connectivity index (χ4n) is 2.12. The molecule has 1 amide bonds. The summed E-state index contributed by atoms with van der Waals surface area (Å²) in [5.74, 6) is -1.64. The van der Waals surface area contributed by atoms with E-state index in [1.165, 1.54) is 18.2 Å². The number of non-ortho nitro benzene ring substituents is 1. The molecule has 2 N–H and O–H groups in total. The van der Waals surface area contributed by atoms with Crippen molar-refractivity contribution in [3.05, 3.63) is 39.9 Å². The SMILES string of the molecule is CC(C)(C)[Si](C)(C)OCC[C@H](NC(=O)Cc1cccc([N+](=O)[O-])c1)C(=O)O. The maximum Gasteiger partial charge on any atom is 0.326 e. The zero-order valence-electron chi connectivity index (χ0n) is 16.4. The number of carbonyl (C=O) groups excluding carboxylic acids is 1. The average molecular weight is 397 g/mol. The predicted octanol–water partition coefficient (Wildman–Crippen LogP) is 3.12. The molecule has 1 rings (SSSR count). The van der Waals surface area contributed by atoms with Crippen molar-refractivity contribution in [1.29, 1.82) is 0 Å². The van der Waals surface area contributed by atoms with Crippen molar-refractivity contribution in [2.45, 2.75) is 57.8 Å². The molecule has 150 valence electrons. The van der Waals surface area contributed by atoms with Crippen LogP contribution in [0.25, 0.3) is 0 Å². The van der Waals surface area contributed by atoms with Crippen LogP contribution in [0.4, 0.5) is 5.69 Å². The second-order valence-corrected chi connectivity index (χ2v) is 12.8. The fourth-order valence-corrected chi connectivity index (χ4v) is 3.18. The zero-order chi connectivity index (χ0) is 20.8. The summed E-state index contributed by atoms with van der Waals surface area (Å²) in [6.45, 7) is 10.7. The fraction of sp³-hybridized carbons (Fsp3) is 0.556. The molecule has 8 nitrogen and oxygen atoms in total. The lowest BCUT2D eigenvalue weighted by atomic mass is 10.1. The Hall–Kier alpha value is -2.26. The van der Waals surface area contributed by atoms with Crippen LogP contribution < -0.4 is 5.32 Å². The summed E-state index contributed by atoms with van der Waals surface area (Å²) in [6, 6.07) is 4.64. The van der Waals surface area contributed by atoms with E-state index >= 15 is 0 Å². The minimum atomic E-state index is -1.99. The van der Waals surface area contributed by atoms with E-state index in [0.29, 0.717) is 5.56 Å². The summed E-state index contributed by atoms with van der Waals surface area (Å²) in [5, 5.41) is 22.6. The lowest BCUT2D eigenvalue weighted by Crippen LogP contribution is -2.45. The van der Waals surface area contributed by atoms with Gasteiger partial charge in [0.15, 0.2) is 8.32 Å². The van der Waals surface area contributed by atoms with Gasteiger partial charge in [-0.15, -0.1) is 0 Å². The molecule has 0 fully saturated rings. The predicted molar refractivity (Wildman–Crippen MR) is 104 cm³/mol. The molecular weight excluding hydrogens is 368 g/mol. The lowest BCUT2D eigenvalue weighted by molar-refractivity contribution is -0.384. The molecule has 0 bridgehead atoms. The van der Waals surface area contributed by atoms with Crippen molar-refractivity contribution in [1.82, 2.24) is 5.32 Å². The van der Waals surface area contributed by atoms with E-state index in [1.54, 1.807) is 6.07 Å². The highest BCUT2D eigenvalue weighted by Crippen LogP contribution is 2.36. The monoisotopic (exact) mass is 396 g/mol. The first-order valence-electron chi connectivity index (χ1n) is 8.73. The summed E-state index contributed by atoms with van der Waals surface area (Å²) < 4.78 is 5.97. The van der Waals surface area contributed by atoms with Gasteiger partial charge in [0.1, 0.15) is 6.04 Å². The second-order valence-electron chi connectivity index (χ2n) is 7.96. The Morgan fingerprint density at radius 1 is 1.33 bits per heavy atom. The van der Waals surface area contributed by atoms with E-state index in [-0.39, 0.29) is 30.2 Å². The average Bonchev–Trinajstić information content (AvgIpc) is 2.52. The van der Waals surface area contributed by atoms with Gasteiger partial charge in [-0.3, -0.25) is 14.9 Å². The van der Waals surface area contributed by atoms with Crippen LogP contribution in [0.2, 0.25) is 18.1 Å². The largest absolute Gasteiger partial charge is 0.480 e. The second kappa shape index (κ2) is 9.09. The number of hydrogen-bond acceptors (Lipinski definition) is 5. The number of hydrogen-bond donors (Lipinski definition) is 2. The number of nitro groups is 1. The highest BCUT2D eigenvalue weighted by molar-refractivity contribution is 6.74. The van der Waals surface area contributed by atoms with Gasteiger partial charge in [-0.25, -0.2) is 4.79 Å². The van der Waals surface area contributed by atoms with Gasteiger partial charge in [0.2, 0.25) is 5.91 Å². The standard InChI is InChI=1S/C18H28N2O6Si/c1-18(2,3)27(4,5)26-10-9-15(17(22)23)19-16(21)12-13-7-6-8-14(11-13)20(24)25/h6-8,11,15H,9-10,12H2,1-5H3,(H,19,21)(H,22,23)/t15-/m0/s1. The van der Waals surface area contributed by atoms with E-state index in [1.807, 2.05) is 0 Å². The first kappa shape index (κ1) is 22.8. The van der Waals surface area contributed by atoms with Crippen LogP contribution in [0.15, 0.2) is 24.3 Å². The van der Waals surface area contributed by atoms with Gasteiger partial charge >= 0.3 is 5.97 Å². The molecule has 0 spiro atoms. The first-order valence-corrected chi connectivity index (χ1v) is 11.6. The molecule has 0 radical (unpaired) electrons. The molecule has 1 aromatic carbocycles. The van der Waals surface area contributed by atoms with Crippen molar-refractivity contribution in [3.8, 4) is 0 Å². The number of carboxylic acids is 1. The summed E-state index contributed by atoms with van der Waals surface area (Å²) >= 11 is 0. The van der Waals surface area contributed by atoms with Crippen LogP contribution in [0.3, 0.4) is 0 Å². The van der Waals surface area contributed by atoms with Crippen molar-refractivity contribution >= 4 is 25.9 Å². The van der Waals surface area contributed by atoms with Gasteiger partial charge in [-0.1, -0.05) is 32.9 Å². The number of carbonyl (C=O) groups is 2. The summed E-state index contributed by atoms with van der Waals surface area (Å²) in [7, 11) is -1.99. The Bertz CT molecular complexity index is 699. The van der Waals surface area contributed by atoms with Crippen molar-refractivity contribution in [2.75, 3.05) is 6.61 Å². The zero-order valence-corrected chi connectivity index (χ0v) is 17.4. The smallest absolute Gasteiger partial charge is 0.326 e. The Balaban J connectivity index is 2.64. The minimum Gasteiger partial charge on any atom is -0.480 e. The van der Waals surface area contributed by atoms with Gasteiger partial charge in [-0.2, -0.15) is 0 Å². The molecule has 0 heterocycles. The lowest BCUT2D eigenvalue weighted by Gasteiger charge is -2.36. The Kier molecular flexibility index (Phi) is 7.67. The maximum atomic E-state index is 12.2. The first-order chi connectivity index (χ1) is 12.3. The van der Waals surface area contributed by atoms with Crippen molar-refractivity contribution < 1.29 is 24.0 Å². The topological polar surface area (TPSA) is 119 Å². The molecule has 0 saturated heterocycles. The van der Waals surface area contributed by atoms with Gasteiger partial charge < -0.3 is 14.8 Å². The molecule has 0 aliphatic heterocycles. The number of aliphatic carboxylic acids is 1. The van der Waals surface area contributed by atoms with Crippen LogP contribution in [-0.4, -0.2) is 42.9 Å². The third-order valence-corrected chi connectivity index (χ3v) is 9.33. The normalized spacial score (nSPS) is 13.1. The molecular formula is C18H28N2O6Si. The Labute approximate surface area is 160 Å². The van der Waals surface area contributed by atoms with E-state index in [2.05, 4.69) is 39.2 Å². The quantitative estimate of drug-likeness (QED) is 0.376. The summed E-state index contributed by atoms with van der Waals surface area (Å²) in [5.41, 5.74) is 0.334. The molecule has 0 unspecified atom stereocenters. The summed E-state index contributed by atoms with van der Waals surface area (Å²) in [4.78, 5) is 33.8. The number of rotatable bonds is 9. The van der Waals surface area contributed by atoms with Crippen LogP contribution in [0.5, 0.6) is 0 Å². The molecule has 1 atom stereocenters. The molecule has 1 aromatic rings. The Morgan fingerprint density at radius 3 is 2.48 bits per heavy atom.